The average Bonchev–Trinajstić information content (AvgIpc) is 3.81. The zero-order valence-electron chi connectivity index (χ0n) is 31.2. The molecule has 3 heteroatoms. The van der Waals surface area contributed by atoms with Crippen LogP contribution in [0.15, 0.2) is 224 Å². The zero-order valence-corrected chi connectivity index (χ0v) is 31.2. The number of hydrogen-bond donors (Lipinski definition) is 0. The van der Waals surface area contributed by atoms with Gasteiger partial charge in [0.15, 0.2) is 0 Å². The molecule has 0 N–H and O–H groups in total. The summed E-state index contributed by atoms with van der Waals surface area (Å²) in [6.07, 6.45) is 0. The summed E-state index contributed by atoms with van der Waals surface area (Å²) >= 11 is 0. The van der Waals surface area contributed by atoms with Gasteiger partial charge in [-0.2, -0.15) is 0 Å². The van der Waals surface area contributed by atoms with E-state index in [0.29, 0.717) is 0 Å². The number of hydrogen-bond acceptors (Lipinski definition) is 1. The Kier molecular flexibility index (Phi) is 7.82. The van der Waals surface area contributed by atoms with Gasteiger partial charge in [-0.3, -0.25) is 0 Å². The van der Waals surface area contributed by atoms with Crippen molar-refractivity contribution in [2.75, 3.05) is 4.90 Å². The van der Waals surface area contributed by atoms with E-state index in [1.54, 1.807) is 0 Å². The number of rotatable bonds is 7. The second-order valence-corrected chi connectivity index (χ2v) is 14.5. The predicted molar refractivity (Wildman–Crippen MR) is 241 cm³/mol. The molecule has 3 nitrogen and oxygen atoms in total. The summed E-state index contributed by atoms with van der Waals surface area (Å²) in [6, 6.07) is 81.2. The fourth-order valence-corrected chi connectivity index (χ4v) is 8.87. The maximum absolute atomic E-state index is 2.47. The minimum absolute atomic E-state index is 1.08. The van der Waals surface area contributed by atoms with Gasteiger partial charge < -0.3 is 14.0 Å². The average molecular weight is 728 g/mol. The smallest absolute Gasteiger partial charge is 0.0702 e. The Morgan fingerprint density at radius 2 is 0.825 bits per heavy atom. The van der Waals surface area contributed by atoms with E-state index in [4.69, 9.17) is 0 Å². The van der Waals surface area contributed by atoms with Gasteiger partial charge in [-0.1, -0.05) is 158 Å². The maximum Gasteiger partial charge on any atom is 0.0702 e. The van der Waals surface area contributed by atoms with Crippen molar-refractivity contribution < 1.29 is 0 Å². The van der Waals surface area contributed by atoms with Crippen molar-refractivity contribution >= 4 is 60.7 Å². The third-order valence-electron chi connectivity index (χ3n) is 11.3. The first kappa shape index (κ1) is 32.8. The van der Waals surface area contributed by atoms with Gasteiger partial charge in [0, 0.05) is 38.5 Å². The van der Waals surface area contributed by atoms with Crippen LogP contribution in [0.5, 0.6) is 0 Å². The summed E-state index contributed by atoms with van der Waals surface area (Å²) in [5.41, 5.74) is 14.9. The highest BCUT2D eigenvalue weighted by atomic mass is 15.2. The second-order valence-electron chi connectivity index (χ2n) is 14.5. The minimum atomic E-state index is 1.08. The van der Waals surface area contributed by atoms with Gasteiger partial charge in [0.05, 0.1) is 39.1 Å². The Balaban J connectivity index is 1.24. The van der Waals surface area contributed by atoms with Crippen LogP contribution < -0.4 is 4.90 Å². The van der Waals surface area contributed by atoms with Crippen LogP contribution in [0, 0.1) is 0 Å². The van der Waals surface area contributed by atoms with Gasteiger partial charge in [0.25, 0.3) is 0 Å². The number of para-hydroxylation sites is 6. The van der Waals surface area contributed by atoms with Crippen LogP contribution in [-0.4, -0.2) is 9.13 Å². The molecule has 0 aliphatic heterocycles. The van der Waals surface area contributed by atoms with Crippen molar-refractivity contribution in [3.8, 4) is 33.6 Å². The van der Waals surface area contributed by atoms with Crippen LogP contribution in [0.25, 0.3) is 77.2 Å². The lowest BCUT2D eigenvalue weighted by Crippen LogP contribution is -2.14. The third kappa shape index (κ3) is 5.36. The number of benzene rings is 9. The van der Waals surface area contributed by atoms with Crippen LogP contribution >= 0.6 is 0 Å². The molecule has 0 saturated heterocycles. The molecule has 0 saturated carbocycles. The quantitative estimate of drug-likeness (QED) is 0.159. The lowest BCUT2D eigenvalue weighted by molar-refractivity contribution is 1.15. The molecule has 0 atom stereocenters. The minimum Gasteiger partial charge on any atom is -0.309 e. The molecule has 0 bridgehead atoms. The van der Waals surface area contributed by atoms with Gasteiger partial charge in [-0.15, -0.1) is 0 Å². The monoisotopic (exact) mass is 727 g/mol. The molecular formula is C54H37N3. The highest BCUT2D eigenvalue weighted by molar-refractivity contribution is 6.17. The largest absolute Gasteiger partial charge is 0.309 e. The molecule has 2 aromatic heterocycles. The molecule has 9 aromatic carbocycles. The van der Waals surface area contributed by atoms with Gasteiger partial charge in [-0.25, -0.2) is 0 Å². The van der Waals surface area contributed by atoms with Crippen molar-refractivity contribution in [1.82, 2.24) is 9.13 Å². The van der Waals surface area contributed by atoms with Crippen molar-refractivity contribution in [2.24, 2.45) is 0 Å². The van der Waals surface area contributed by atoms with E-state index < -0.39 is 0 Å². The number of nitrogens with zero attached hydrogens (tertiary/aromatic N) is 3. The highest BCUT2D eigenvalue weighted by Gasteiger charge is 2.24. The van der Waals surface area contributed by atoms with Crippen LogP contribution in [0.1, 0.15) is 0 Å². The van der Waals surface area contributed by atoms with Gasteiger partial charge in [-0.05, 0) is 83.4 Å². The van der Waals surface area contributed by atoms with Crippen molar-refractivity contribution in [3.63, 3.8) is 0 Å². The fourth-order valence-electron chi connectivity index (χ4n) is 8.87. The number of fused-ring (bicyclic) bond motifs is 6. The van der Waals surface area contributed by atoms with E-state index in [1.165, 1.54) is 54.8 Å². The highest BCUT2D eigenvalue weighted by Crippen LogP contribution is 2.47. The van der Waals surface area contributed by atoms with Crippen LogP contribution in [0.2, 0.25) is 0 Å². The summed E-state index contributed by atoms with van der Waals surface area (Å²) in [5, 5.41) is 4.91. The van der Waals surface area contributed by atoms with E-state index in [9.17, 15) is 0 Å². The summed E-state index contributed by atoms with van der Waals surface area (Å²) in [5.74, 6) is 0. The molecule has 2 heterocycles. The summed E-state index contributed by atoms with van der Waals surface area (Å²) < 4.78 is 4.85. The molecule has 0 aliphatic carbocycles. The molecule has 0 fully saturated rings. The molecule has 0 spiro atoms. The van der Waals surface area contributed by atoms with E-state index >= 15 is 0 Å². The van der Waals surface area contributed by atoms with E-state index in [-0.39, 0.29) is 0 Å². The molecule has 0 aliphatic rings. The Hall–Kier alpha value is -7.62. The van der Waals surface area contributed by atoms with E-state index in [0.717, 1.165) is 39.5 Å². The maximum atomic E-state index is 2.47. The molecule has 11 aromatic rings. The first-order chi connectivity index (χ1) is 28.3. The Morgan fingerprint density at radius 1 is 0.316 bits per heavy atom. The number of anilines is 3. The second kappa shape index (κ2) is 13.6. The topological polar surface area (TPSA) is 13.1 Å². The summed E-state index contributed by atoms with van der Waals surface area (Å²) in [4.78, 5) is 2.47. The fraction of sp³-hybridized carbons (Fsp3) is 0. The van der Waals surface area contributed by atoms with Gasteiger partial charge >= 0.3 is 0 Å². The van der Waals surface area contributed by atoms with E-state index in [2.05, 4.69) is 238 Å². The third-order valence-corrected chi connectivity index (χ3v) is 11.3. The molecule has 268 valence electrons. The summed E-state index contributed by atoms with van der Waals surface area (Å²) in [7, 11) is 0. The normalized spacial score (nSPS) is 11.5. The molecular weight excluding hydrogens is 691 g/mol. The first-order valence-electron chi connectivity index (χ1n) is 19.5. The molecule has 0 amide bonds. The molecule has 0 radical (unpaired) electrons. The Bertz CT molecular complexity index is 3180. The Labute approximate surface area is 331 Å². The first-order valence-corrected chi connectivity index (χ1v) is 19.5. The summed E-state index contributed by atoms with van der Waals surface area (Å²) in [6.45, 7) is 0. The van der Waals surface area contributed by atoms with Crippen molar-refractivity contribution in [1.29, 1.82) is 0 Å². The lowest BCUT2D eigenvalue weighted by atomic mass is 9.98. The van der Waals surface area contributed by atoms with Crippen molar-refractivity contribution in [3.05, 3.63) is 224 Å². The SMILES string of the molecule is c1ccc(-c2ccccc2N(c2ccc3c(c2)c2c(-c4ccccc4)cccc2n3-c2ccccc2)c2ccccc2-n2c3ccccc3c3ccccc32)cc1. The van der Waals surface area contributed by atoms with Crippen molar-refractivity contribution in [2.45, 2.75) is 0 Å². The lowest BCUT2D eigenvalue weighted by Gasteiger charge is -2.30. The molecule has 57 heavy (non-hydrogen) atoms. The zero-order chi connectivity index (χ0) is 37.7. The van der Waals surface area contributed by atoms with Gasteiger partial charge in [0.2, 0.25) is 0 Å². The molecule has 11 rings (SSSR count). The van der Waals surface area contributed by atoms with E-state index in [1.807, 2.05) is 0 Å². The Morgan fingerprint density at radius 3 is 1.53 bits per heavy atom. The number of aromatic nitrogens is 2. The predicted octanol–water partition coefficient (Wildman–Crippen LogP) is 14.7. The molecule has 0 unspecified atom stereocenters. The van der Waals surface area contributed by atoms with Crippen LogP contribution in [0.4, 0.5) is 17.1 Å². The van der Waals surface area contributed by atoms with Gasteiger partial charge in [0.1, 0.15) is 0 Å². The van der Waals surface area contributed by atoms with Crippen LogP contribution in [0.3, 0.4) is 0 Å². The van der Waals surface area contributed by atoms with Crippen LogP contribution in [-0.2, 0) is 0 Å². The standard InChI is InChI=1S/C54H37N3/c1-4-19-38(20-5-1)42-25-10-13-29-47(42)56(51-32-16-17-33-52(51)57-48-30-14-11-26-44(48)45-27-12-15-31-49(45)57)41-35-36-50-46(37-41)54-43(39-21-6-2-7-22-39)28-18-34-53(54)55(50)40-23-8-3-9-24-40/h1-37H.